The molecule has 1 aromatic rings. The van der Waals surface area contributed by atoms with Crippen molar-refractivity contribution in [2.45, 2.75) is 78.3 Å². The minimum Gasteiger partial charge on any atom is -0.352 e. The van der Waals surface area contributed by atoms with Gasteiger partial charge in [-0.1, -0.05) is 64.8 Å². The molecule has 2 atom stereocenters. The Hall–Kier alpha value is -2.37. The highest BCUT2D eigenvalue weighted by atomic mass is 16.2. The average molecular weight is 402 g/mol. The Balaban J connectivity index is 1.99. The van der Waals surface area contributed by atoms with Crippen LogP contribution in [0.25, 0.3) is 0 Å². The van der Waals surface area contributed by atoms with Gasteiger partial charge in [-0.05, 0) is 43.2 Å². The van der Waals surface area contributed by atoms with E-state index in [4.69, 9.17) is 0 Å². The lowest BCUT2D eigenvalue weighted by molar-refractivity contribution is -0.135. The van der Waals surface area contributed by atoms with Gasteiger partial charge < -0.3 is 10.6 Å². The number of rotatable bonds is 9. The summed E-state index contributed by atoms with van der Waals surface area (Å²) in [5.41, 5.74) is 0.720. The highest BCUT2D eigenvalue weighted by molar-refractivity contribution is 6.09. The first-order valence-electron chi connectivity index (χ1n) is 10.6. The fourth-order valence-electron chi connectivity index (χ4n) is 3.61. The molecule has 1 aliphatic heterocycles. The molecule has 0 saturated carbocycles. The second-order valence-electron chi connectivity index (χ2n) is 9.02. The van der Waals surface area contributed by atoms with Crippen LogP contribution in [0.15, 0.2) is 24.3 Å². The van der Waals surface area contributed by atoms with Gasteiger partial charge in [-0.15, -0.1) is 0 Å². The normalized spacial score (nSPS) is 20.3. The van der Waals surface area contributed by atoms with E-state index in [1.54, 1.807) is 6.92 Å². The summed E-state index contributed by atoms with van der Waals surface area (Å²) < 4.78 is 0. The average Bonchev–Trinajstić information content (AvgIpc) is 2.85. The molecule has 0 aliphatic carbocycles. The summed E-state index contributed by atoms with van der Waals surface area (Å²) in [5.74, 6) is 0.303. The number of amides is 4. The maximum Gasteiger partial charge on any atom is 0.325 e. The van der Waals surface area contributed by atoms with Crippen molar-refractivity contribution in [1.29, 1.82) is 0 Å². The molecule has 29 heavy (non-hydrogen) atoms. The van der Waals surface area contributed by atoms with Crippen molar-refractivity contribution in [3.63, 3.8) is 0 Å². The van der Waals surface area contributed by atoms with Crippen LogP contribution in [0.3, 0.4) is 0 Å². The SMILES string of the molecule is CC(C)CCCC(C)NC(=O)CN1C(=O)NC(C)(c2ccc(C(C)C)cc2)C1=O. The van der Waals surface area contributed by atoms with E-state index in [-0.39, 0.29) is 18.5 Å². The van der Waals surface area contributed by atoms with Crippen LogP contribution in [0.4, 0.5) is 4.79 Å². The molecule has 2 unspecified atom stereocenters. The fraction of sp³-hybridized carbons (Fsp3) is 0.609. The summed E-state index contributed by atoms with van der Waals surface area (Å²) in [5, 5.41) is 5.65. The number of benzene rings is 1. The maximum atomic E-state index is 13.0. The molecule has 160 valence electrons. The van der Waals surface area contributed by atoms with Crippen molar-refractivity contribution in [3.05, 3.63) is 35.4 Å². The lowest BCUT2D eigenvalue weighted by Gasteiger charge is -2.23. The standard InChI is InChI=1S/C23H35N3O3/c1-15(2)8-7-9-17(5)24-20(27)14-26-21(28)23(6,25-22(26)29)19-12-10-18(11-13-19)16(3)4/h10-13,15-17H,7-9,14H2,1-6H3,(H,24,27)(H,25,29). The van der Waals surface area contributed by atoms with Gasteiger partial charge in [0.1, 0.15) is 12.1 Å². The third-order valence-electron chi connectivity index (χ3n) is 5.56. The van der Waals surface area contributed by atoms with E-state index < -0.39 is 17.5 Å². The number of nitrogens with zero attached hydrogens (tertiary/aromatic N) is 1. The van der Waals surface area contributed by atoms with Crippen LogP contribution >= 0.6 is 0 Å². The molecule has 1 fully saturated rings. The highest BCUT2D eigenvalue weighted by Crippen LogP contribution is 2.29. The smallest absolute Gasteiger partial charge is 0.325 e. The number of hydrogen-bond donors (Lipinski definition) is 2. The number of imide groups is 1. The van der Waals surface area contributed by atoms with E-state index in [0.29, 0.717) is 17.4 Å². The van der Waals surface area contributed by atoms with Crippen molar-refractivity contribution >= 4 is 17.8 Å². The van der Waals surface area contributed by atoms with Crippen LogP contribution in [-0.4, -0.2) is 35.3 Å². The molecule has 1 saturated heterocycles. The van der Waals surface area contributed by atoms with E-state index in [1.165, 1.54) is 0 Å². The molecule has 0 spiro atoms. The molecular weight excluding hydrogens is 366 g/mol. The summed E-state index contributed by atoms with van der Waals surface area (Å²) in [6, 6.07) is 7.16. The molecule has 4 amide bonds. The molecular formula is C23H35N3O3. The monoisotopic (exact) mass is 401 g/mol. The van der Waals surface area contributed by atoms with Gasteiger partial charge in [-0.2, -0.15) is 0 Å². The predicted octanol–water partition coefficient (Wildman–Crippen LogP) is 3.91. The fourth-order valence-corrected chi connectivity index (χ4v) is 3.61. The molecule has 2 rings (SSSR count). The predicted molar refractivity (Wildman–Crippen MR) is 114 cm³/mol. The zero-order chi connectivity index (χ0) is 21.8. The van der Waals surface area contributed by atoms with Gasteiger partial charge in [0.2, 0.25) is 5.91 Å². The largest absolute Gasteiger partial charge is 0.352 e. The zero-order valence-electron chi connectivity index (χ0n) is 18.5. The number of carbonyl (C=O) groups is 3. The van der Waals surface area contributed by atoms with Crippen molar-refractivity contribution < 1.29 is 14.4 Å². The maximum absolute atomic E-state index is 13.0. The van der Waals surface area contributed by atoms with Crippen molar-refractivity contribution in [2.75, 3.05) is 6.54 Å². The first-order chi connectivity index (χ1) is 13.5. The first kappa shape index (κ1) is 22.9. The second kappa shape index (κ2) is 9.42. The summed E-state index contributed by atoms with van der Waals surface area (Å²) in [4.78, 5) is 38.8. The van der Waals surface area contributed by atoms with E-state index in [0.717, 1.165) is 29.7 Å². The van der Waals surface area contributed by atoms with Crippen LogP contribution in [0, 0.1) is 5.92 Å². The van der Waals surface area contributed by atoms with E-state index in [1.807, 2.05) is 31.2 Å². The minimum atomic E-state index is -1.16. The molecule has 1 aliphatic rings. The quantitative estimate of drug-likeness (QED) is 0.616. The molecule has 0 aromatic heterocycles. The van der Waals surface area contributed by atoms with Crippen LogP contribution in [-0.2, 0) is 15.1 Å². The van der Waals surface area contributed by atoms with Gasteiger partial charge in [-0.3, -0.25) is 14.5 Å². The summed E-state index contributed by atoms with van der Waals surface area (Å²) >= 11 is 0. The van der Waals surface area contributed by atoms with Gasteiger partial charge in [0.15, 0.2) is 0 Å². The van der Waals surface area contributed by atoms with Crippen LogP contribution in [0.2, 0.25) is 0 Å². The van der Waals surface area contributed by atoms with E-state index in [2.05, 4.69) is 38.3 Å². The number of urea groups is 1. The summed E-state index contributed by atoms with van der Waals surface area (Å²) in [6.07, 6.45) is 3.03. The van der Waals surface area contributed by atoms with Crippen LogP contribution < -0.4 is 10.6 Å². The van der Waals surface area contributed by atoms with Gasteiger partial charge in [0.25, 0.3) is 5.91 Å². The number of carbonyl (C=O) groups excluding carboxylic acids is 3. The highest BCUT2D eigenvalue weighted by Gasteiger charge is 2.49. The molecule has 0 radical (unpaired) electrons. The third-order valence-corrected chi connectivity index (χ3v) is 5.56. The lowest BCUT2D eigenvalue weighted by atomic mass is 9.90. The third kappa shape index (κ3) is 5.58. The topological polar surface area (TPSA) is 78.5 Å². The minimum absolute atomic E-state index is 0.0111. The van der Waals surface area contributed by atoms with Crippen LogP contribution in [0.5, 0.6) is 0 Å². The van der Waals surface area contributed by atoms with Crippen molar-refractivity contribution in [3.8, 4) is 0 Å². The molecule has 1 aromatic carbocycles. The number of nitrogens with one attached hydrogen (secondary N) is 2. The zero-order valence-corrected chi connectivity index (χ0v) is 18.5. The van der Waals surface area contributed by atoms with Crippen molar-refractivity contribution in [1.82, 2.24) is 15.5 Å². The molecule has 0 bridgehead atoms. The van der Waals surface area contributed by atoms with E-state index in [9.17, 15) is 14.4 Å². The Morgan fingerprint density at radius 2 is 1.69 bits per heavy atom. The molecule has 6 heteroatoms. The van der Waals surface area contributed by atoms with Gasteiger partial charge >= 0.3 is 6.03 Å². The molecule has 2 N–H and O–H groups in total. The summed E-state index contributed by atoms with van der Waals surface area (Å²) in [6.45, 7) is 11.9. The Kier molecular flexibility index (Phi) is 7.44. The molecule has 6 nitrogen and oxygen atoms in total. The van der Waals surface area contributed by atoms with E-state index >= 15 is 0 Å². The molecule has 1 heterocycles. The second-order valence-corrected chi connectivity index (χ2v) is 9.02. The number of hydrogen-bond acceptors (Lipinski definition) is 3. The van der Waals surface area contributed by atoms with Crippen molar-refractivity contribution in [2.24, 2.45) is 5.92 Å². The Morgan fingerprint density at radius 1 is 1.07 bits per heavy atom. The Labute approximate surface area is 174 Å². The summed E-state index contributed by atoms with van der Waals surface area (Å²) in [7, 11) is 0. The van der Waals surface area contributed by atoms with Gasteiger partial charge in [-0.25, -0.2) is 4.79 Å². The lowest BCUT2D eigenvalue weighted by Crippen LogP contribution is -2.45. The first-order valence-corrected chi connectivity index (χ1v) is 10.6. The van der Waals surface area contributed by atoms with Crippen LogP contribution in [0.1, 0.15) is 77.8 Å². The van der Waals surface area contributed by atoms with Gasteiger partial charge in [0, 0.05) is 6.04 Å². The Morgan fingerprint density at radius 3 is 2.24 bits per heavy atom. The van der Waals surface area contributed by atoms with Gasteiger partial charge in [0.05, 0.1) is 0 Å². The Bertz CT molecular complexity index is 742.